The van der Waals surface area contributed by atoms with E-state index >= 15 is 0 Å². The van der Waals surface area contributed by atoms with E-state index in [1.54, 1.807) is 18.5 Å². The molecule has 0 amide bonds. The summed E-state index contributed by atoms with van der Waals surface area (Å²) in [5.74, 6) is -0.760. The Balaban J connectivity index is 1.94. The molecule has 0 aliphatic carbocycles. The Labute approximate surface area is 114 Å². The second kappa shape index (κ2) is 6.62. The molecule has 0 aromatic carbocycles. The molecule has 0 spiro atoms. The summed E-state index contributed by atoms with van der Waals surface area (Å²) in [6.07, 6.45) is 0.571. The fraction of sp³-hybridized carbons (Fsp3) is 0.200. The number of thioether (sulfide) groups is 1. The molecule has 0 aliphatic rings. The average Bonchev–Trinajstić information content (AvgIpc) is 2.88. The number of hydrogen-bond acceptors (Lipinski definition) is 6. The summed E-state index contributed by atoms with van der Waals surface area (Å²) in [5.41, 5.74) is 0. The summed E-state index contributed by atoms with van der Waals surface area (Å²) in [4.78, 5) is 8.03. The van der Waals surface area contributed by atoms with Crippen LogP contribution in [0.5, 0.6) is 0 Å². The van der Waals surface area contributed by atoms with Crippen molar-refractivity contribution in [1.29, 1.82) is 0 Å². The molecule has 2 heterocycles. The summed E-state index contributed by atoms with van der Waals surface area (Å²) < 4.78 is 36.8. The van der Waals surface area contributed by atoms with E-state index in [0.717, 1.165) is 11.8 Å². The van der Waals surface area contributed by atoms with Crippen molar-refractivity contribution in [1.82, 2.24) is 20.2 Å². The van der Waals surface area contributed by atoms with Crippen molar-refractivity contribution in [3.63, 3.8) is 0 Å². The van der Waals surface area contributed by atoms with Crippen LogP contribution in [0.4, 0.5) is 13.2 Å². The Hall–Kier alpha value is -1.48. The zero-order valence-electron chi connectivity index (χ0n) is 9.39. The highest BCUT2D eigenvalue weighted by atomic mass is 32.2. The topological polar surface area (TPSA) is 51.6 Å². The molecule has 0 saturated carbocycles. The van der Waals surface area contributed by atoms with Crippen molar-refractivity contribution < 1.29 is 13.2 Å². The zero-order chi connectivity index (χ0) is 13.7. The number of aromatic nitrogens is 4. The quantitative estimate of drug-likeness (QED) is 0.791. The van der Waals surface area contributed by atoms with Gasteiger partial charge >= 0.3 is 6.08 Å². The lowest BCUT2D eigenvalue weighted by Crippen LogP contribution is -1.85. The summed E-state index contributed by atoms with van der Waals surface area (Å²) in [6, 6.07) is 1.68. The van der Waals surface area contributed by atoms with Gasteiger partial charge in [-0.3, -0.25) is 0 Å². The standard InChI is InChI=1S/C10H7F3N4S2/c11-6(7(12)13)2-5-18-10-17-16-9(19-10)8-14-3-1-4-15-8/h1,3-4H,2,5H2. The first-order valence-corrected chi connectivity index (χ1v) is 6.90. The smallest absolute Gasteiger partial charge is 0.234 e. The first-order chi connectivity index (χ1) is 9.16. The minimum absolute atomic E-state index is 0.174. The Morgan fingerprint density at radius 2 is 1.89 bits per heavy atom. The van der Waals surface area contributed by atoms with Crippen LogP contribution in [0.25, 0.3) is 10.8 Å². The van der Waals surface area contributed by atoms with Crippen molar-refractivity contribution in [2.45, 2.75) is 10.8 Å². The van der Waals surface area contributed by atoms with Gasteiger partial charge in [0, 0.05) is 24.6 Å². The van der Waals surface area contributed by atoms with Gasteiger partial charge in [-0.2, -0.15) is 8.78 Å². The van der Waals surface area contributed by atoms with E-state index in [4.69, 9.17) is 0 Å². The van der Waals surface area contributed by atoms with Crippen LogP contribution in [0.1, 0.15) is 6.42 Å². The Kier molecular flexibility index (Phi) is 4.86. The van der Waals surface area contributed by atoms with Crippen LogP contribution in [-0.4, -0.2) is 25.9 Å². The molecule has 0 N–H and O–H groups in total. The van der Waals surface area contributed by atoms with E-state index in [1.165, 1.54) is 11.3 Å². The first kappa shape index (κ1) is 13.9. The molecule has 0 fully saturated rings. The third-order valence-electron chi connectivity index (χ3n) is 1.92. The van der Waals surface area contributed by atoms with Gasteiger partial charge < -0.3 is 0 Å². The predicted molar refractivity (Wildman–Crippen MR) is 66.6 cm³/mol. The molecule has 0 aliphatic heterocycles. The maximum Gasteiger partial charge on any atom is 0.301 e. The molecule has 2 aromatic heterocycles. The van der Waals surface area contributed by atoms with Gasteiger partial charge in [0.05, 0.1) is 0 Å². The van der Waals surface area contributed by atoms with E-state index in [0.29, 0.717) is 15.2 Å². The van der Waals surface area contributed by atoms with Crippen molar-refractivity contribution in [3.05, 3.63) is 30.4 Å². The van der Waals surface area contributed by atoms with Gasteiger partial charge in [0.1, 0.15) is 0 Å². The molecular formula is C10H7F3N4S2. The van der Waals surface area contributed by atoms with E-state index < -0.39 is 11.9 Å². The predicted octanol–water partition coefficient (Wildman–Crippen LogP) is 3.55. The van der Waals surface area contributed by atoms with Crippen LogP contribution in [0.2, 0.25) is 0 Å². The van der Waals surface area contributed by atoms with E-state index in [9.17, 15) is 13.2 Å². The lowest BCUT2D eigenvalue weighted by molar-refractivity contribution is 0.373. The summed E-state index contributed by atoms with van der Waals surface area (Å²) in [5, 5.41) is 8.29. The van der Waals surface area contributed by atoms with E-state index in [1.807, 2.05) is 0 Å². The summed E-state index contributed by atoms with van der Waals surface area (Å²) in [6.45, 7) is 0. The highest BCUT2D eigenvalue weighted by molar-refractivity contribution is 8.01. The average molecular weight is 304 g/mol. The molecule has 2 aromatic rings. The van der Waals surface area contributed by atoms with Crippen LogP contribution >= 0.6 is 23.1 Å². The van der Waals surface area contributed by atoms with Crippen LogP contribution in [-0.2, 0) is 0 Å². The van der Waals surface area contributed by atoms with E-state index in [2.05, 4.69) is 20.2 Å². The molecule has 0 bridgehead atoms. The molecular weight excluding hydrogens is 297 g/mol. The minimum Gasteiger partial charge on any atom is -0.234 e. The van der Waals surface area contributed by atoms with Gasteiger partial charge in [-0.1, -0.05) is 23.1 Å². The third-order valence-corrected chi connectivity index (χ3v) is 3.97. The molecule has 0 atom stereocenters. The van der Waals surface area contributed by atoms with Crippen molar-refractivity contribution in [3.8, 4) is 10.8 Å². The first-order valence-electron chi connectivity index (χ1n) is 5.10. The van der Waals surface area contributed by atoms with Crippen molar-refractivity contribution in [2.75, 3.05) is 5.75 Å². The van der Waals surface area contributed by atoms with Crippen LogP contribution in [0.3, 0.4) is 0 Å². The van der Waals surface area contributed by atoms with Crippen LogP contribution in [0.15, 0.2) is 34.7 Å². The Bertz CT molecular complexity index is 569. The zero-order valence-corrected chi connectivity index (χ0v) is 11.0. The number of nitrogens with zero attached hydrogens (tertiary/aromatic N) is 4. The highest BCUT2D eigenvalue weighted by Gasteiger charge is 2.10. The molecule has 0 unspecified atom stereocenters. The number of rotatable bonds is 5. The lowest BCUT2D eigenvalue weighted by Gasteiger charge is -1.94. The number of hydrogen-bond donors (Lipinski definition) is 0. The normalized spacial score (nSPS) is 10.5. The largest absolute Gasteiger partial charge is 0.301 e. The van der Waals surface area contributed by atoms with Gasteiger partial charge in [0.25, 0.3) is 0 Å². The van der Waals surface area contributed by atoms with Crippen molar-refractivity contribution in [2.24, 2.45) is 0 Å². The fourth-order valence-corrected chi connectivity index (χ4v) is 2.89. The number of allylic oxidation sites excluding steroid dienone is 1. The van der Waals surface area contributed by atoms with E-state index in [-0.39, 0.29) is 12.2 Å². The molecule has 0 saturated heterocycles. The Morgan fingerprint density at radius 3 is 2.58 bits per heavy atom. The molecule has 9 heteroatoms. The highest BCUT2D eigenvalue weighted by Crippen LogP contribution is 2.28. The van der Waals surface area contributed by atoms with Crippen molar-refractivity contribution >= 4 is 23.1 Å². The fourth-order valence-electron chi connectivity index (χ4n) is 1.09. The second-order valence-corrected chi connectivity index (χ2v) is 5.53. The molecule has 19 heavy (non-hydrogen) atoms. The van der Waals surface area contributed by atoms with Gasteiger partial charge in [-0.05, 0) is 6.07 Å². The summed E-state index contributed by atoms with van der Waals surface area (Å²) >= 11 is 2.40. The maximum absolute atomic E-state index is 12.6. The van der Waals surface area contributed by atoms with Crippen LogP contribution < -0.4 is 0 Å². The molecule has 2 rings (SSSR count). The molecule has 100 valence electrons. The minimum atomic E-state index is -2.27. The lowest BCUT2D eigenvalue weighted by atomic mass is 10.4. The monoisotopic (exact) mass is 304 g/mol. The van der Waals surface area contributed by atoms with Gasteiger partial charge in [0.15, 0.2) is 21.0 Å². The Morgan fingerprint density at radius 1 is 1.16 bits per heavy atom. The SMILES string of the molecule is FC(F)=C(F)CCSc1nnc(-c2ncccn2)s1. The third kappa shape index (κ3) is 4.00. The van der Waals surface area contributed by atoms with Gasteiger partial charge in [0.2, 0.25) is 0 Å². The van der Waals surface area contributed by atoms with Gasteiger partial charge in [-0.15, -0.1) is 10.2 Å². The molecule has 4 nitrogen and oxygen atoms in total. The summed E-state index contributed by atoms with van der Waals surface area (Å²) in [7, 11) is 0. The van der Waals surface area contributed by atoms with Crippen LogP contribution in [0, 0.1) is 0 Å². The molecule has 0 radical (unpaired) electrons. The number of halogens is 3. The van der Waals surface area contributed by atoms with Gasteiger partial charge in [-0.25, -0.2) is 14.4 Å². The maximum atomic E-state index is 12.6. The second-order valence-electron chi connectivity index (χ2n) is 3.21.